The van der Waals surface area contributed by atoms with E-state index >= 15 is 0 Å². The first-order valence-electron chi connectivity index (χ1n) is 11.0. The maximum atomic E-state index is 14.2. The summed E-state index contributed by atoms with van der Waals surface area (Å²) in [5.41, 5.74) is 5.21. The molecule has 0 amide bonds. The summed E-state index contributed by atoms with van der Waals surface area (Å²) >= 11 is 0. The summed E-state index contributed by atoms with van der Waals surface area (Å²) in [6, 6.07) is 20.5. The number of rotatable bonds is 6. The van der Waals surface area contributed by atoms with E-state index in [1.165, 1.54) is 6.07 Å². The van der Waals surface area contributed by atoms with E-state index < -0.39 is 5.92 Å². The van der Waals surface area contributed by atoms with Crippen LogP contribution in [0.2, 0.25) is 0 Å². The highest BCUT2D eigenvalue weighted by Crippen LogP contribution is 2.33. The number of nitrogens with one attached hydrogen (secondary N) is 1. The van der Waals surface area contributed by atoms with Gasteiger partial charge in [-0.2, -0.15) is 0 Å². The van der Waals surface area contributed by atoms with E-state index in [1.807, 2.05) is 67.8 Å². The van der Waals surface area contributed by atoms with E-state index in [0.717, 1.165) is 40.1 Å². The van der Waals surface area contributed by atoms with Gasteiger partial charge in [-0.05, 0) is 47.6 Å². The Kier molecular flexibility index (Phi) is 7.65. The lowest BCUT2D eigenvalue weighted by Crippen LogP contribution is -2.13. The van der Waals surface area contributed by atoms with Crippen LogP contribution in [0.15, 0.2) is 73.3 Å². The summed E-state index contributed by atoms with van der Waals surface area (Å²) < 4.78 is 30.4. The molecular weight excluding hydrogens is 435 g/mol. The van der Waals surface area contributed by atoms with Crippen molar-refractivity contribution < 1.29 is 8.78 Å². The Labute approximate surface area is 196 Å². The summed E-state index contributed by atoms with van der Waals surface area (Å²) in [4.78, 5) is 4.78. The zero-order valence-electron chi connectivity index (χ0n) is 19.5. The van der Waals surface area contributed by atoms with E-state index in [1.54, 1.807) is 18.2 Å². The molecule has 3 nitrogen and oxygen atoms in total. The Hall–Kier alpha value is -3.04. The molecule has 0 aliphatic heterocycles. The molecule has 1 unspecified atom stereocenters. The molecular formula is C27H30F2N3P. The number of anilines is 2. The molecule has 1 heterocycles. The van der Waals surface area contributed by atoms with Crippen molar-refractivity contribution in [3.05, 3.63) is 95.6 Å². The number of aromatic nitrogens is 2. The van der Waals surface area contributed by atoms with Gasteiger partial charge in [0.2, 0.25) is 5.95 Å². The first kappa shape index (κ1) is 24.6. The average molecular weight is 466 g/mol. The monoisotopic (exact) mass is 465 g/mol. The summed E-state index contributed by atoms with van der Waals surface area (Å²) in [7, 11) is 2.60. The molecule has 4 rings (SSSR count). The third-order valence-electron chi connectivity index (χ3n) is 5.25. The van der Waals surface area contributed by atoms with Gasteiger partial charge in [0.15, 0.2) is 0 Å². The van der Waals surface area contributed by atoms with Gasteiger partial charge >= 0.3 is 0 Å². The van der Waals surface area contributed by atoms with Crippen LogP contribution in [0, 0.1) is 6.92 Å². The third kappa shape index (κ3) is 5.66. The minimum Gasteiger partial charge on any atom is -0.326 e. The number of nitrogens with zero attached hydrogens (tertiary/aromatic N) is 2. The number of benzene rings is 3. The first-order chi connectivity index (χ1) is 15.7. The smallest absolute Gasteiger partial charge is 0.270 e. The molecule has 3 aromatic carbocycles. The van der Waals surface area contributed by atoms with Gasteiger partial charge < -0.3 is 9.88 Å². The summed E-state index contributed by atoms with van der Waals surface area (Å²) in [6.07, 6.45) is 0. The van der Waals surface area contributed by atoms with E-state index in [9.17, 15) is 8.78 Å². The van der Waals surface area contributed by atoms with Crippen LogP contribution in [0.3, 0.4) is 0 Å². The number of aryl methyl sites for hydroxylation is 1. The fourth-order valence-electron chi connectivity index (χ4n) is 3.61. The van der Waals surface area contributed by atoms with Crippen molar-refractivity contribution in [2.24, 2.45) is 0 Å². The summed E-state index contributed by atoms with van der Waals surface area (Å²) in [5, 5.41) is 4.21. The van der Waals surface area contributed by atoms with Crippen LogP contribution in [0.1, 0.15) is 43.0 Å². The highest BCUT2D eigenvalue weighted by molar-refractivity contribution is 7.31. The van der Waals surface area contributed by atoms with Crippen LogP contribution >= 0.6 is 9.24 Å². The van der Waals surface area contributed by atoms with Crippen molar-refractivity contribution in [2.75, 3.05) is 5.32 Å². The van der Waals surface area contributed by atoms with E-state index in [2.05, 4.69) is 21.1 Å². The van der Waals surface area contributed by atoms with Crippen molar-refractivity contribution in [2.45, 2.75) is 40.2 Å². The Morgan fingerprint density at radius 1 is 1.06 bits per heavy atom. The quantitative estimate of drug-likeness (QED) is 0.291. The van der Waals surface area contributed by atoms with E-state index in [4.69, 9.17) is 4.98 Å². The fraction of sp³-hybridized carbons (Fsp3) is 0.222. The molecule has 0 aliphatic carbocycles. The van der Waals surface area contributed by atoms with Crippen LogP contribution in [0.25, 0.3) is 16.3 Å². The zero-order chi connectivity index (χ0) is 24.2. The molecule has 1 N–H and O–H groups in total. The maximum absolute atomic E-state index is 14.2. The second-order valence-electron chi connectivity index (χ2n) is 7.79. The molecule has 33 heavy (non-hydrogen) atoms. The molecule has 0 spiro atoms. The number of imidazole rings is 1. The van der Waals surface area contributed by atoms with Gasteiger partial charge in [-0.15, -0.1) is 9.24 Å². The highest BCUT2D eigenvalue weighted by atomic mass is 31.0. The minimum atomic E-state index is -2.93. The lowest BCUT2D eigenvalue weighted by atomic mass is 10.0. The Morgan fingerprint density at radius 2 is 1.73 bits per heavy atom. The van der Waals surface area contributed by atoms with Gasteiger partial charge in [-0.25, -0.2) is 13.8 Å². The molecule has 172 valence electrons. The van der Waals surface area contributed by atoms with Crippen LogP contribution in [-0.2, 0) is 12.5 Å². The van der Waals surface area contributed by atoms with Crippen molar-refractivity contribution in [1.29, 1.82) is 0 Å². The molecule has 0 fully saturated rings. The lowest BCUT2D eigenvalue weighted by molar-refractivity contribution is 0.0165. The first-order valence-corrected chi connectivity index (χ1v) is 11.5. The van der Waals surface area contributed by atoms with Gasteiger partial charge in [0, 0.05) is 18.2 Å². The molecule has 0 saturated carbocycles. The highest BCUT2D eigenvalue weighted by Gasteiger charge is 2.27. The largest absolute Gasteiger partial charge is 0.326 e. The van der Waals surface area contributed by atoms with Gasteiger partial charge in [-0.1, -0.05) is 68.5 Å². The molecule has 1 aromatic heterocycles. The van der Waals surface area contributed by atoms with Crippen LogP contribution < -0.4 is 5.32 Å². The number of hydrogen-bond acceptors (Lipinski definition) is 2. The Bertz CT molecular complexity index is 1250. The molecule has 0 saturated heterocycles. The normalized spacial score (nSPS) is 11.1. The van der Waals surface area contributed by atoms with Gasteiger partial charge in [0.1, 0.15) is 0 Å². The van der Waals surface area contributed by atoms with Crippen LogP contribution in [0.5, 0.6) is 0 Å². The molecule has 6 heteroatoms. The van der Waals surface area contributed by atoms with E-state index in [-0.39, 0.29) is 12.1 Å². The van der Waals surface area contributed by atoms with Crippen molar-refractivity contribution in [3.8, 4) is 0 Å². The minimum absolute atomic E-state index is 0.0214. The van der Waals surface area contributed by atoms with Crippen molar-refractivity contribution in [3.63, 3.8) is 0 Å². The predicted molar refractivity (Wildman–Crippen MR) is 139 cm³/mol. The average Bonchev–Trinajstić information content (AvgIpc) is 3.12. The van der Waals surface area contributed by atoms with Crippen LogP contribution in [0.4, 0.5) is 20.4 Å². The number of fused-ring (bicyclic) bond motifs is 1. The number of halogens is 2. The number of hydrogen-bond donors (Lipinski definition) is 1. The van der Waals surface area contributed by atoms with Crippen molar-refractivity contribution >= 4 is 37.2 Å². The zero-order valence-corrected chi connectivity index (χ0v) is 20.6. The third-order valence-corrected chi connectivity index (χ3v) is 5.58. The Morgan fingerprint density at radius 3 is 2.36 bits per heavy atom. The van der Waals surface area contributed by atoms with Gasteiger partial charge in [0.05, 0.1) is 17.6 Å². The SMILES string of the molecule is C=C(P)c1ccc2c(c1)nc(Nc1ccc(C)cc1)n2Cc1ccccc1C(C)(F)F.CC. The predicted octanol–water partition coefficient (Wildman–Crippen LogP) is 8.12. The second-order valence-corrected chi connectivity index (χ2v) is 8.48. The molecule has 4 aromatic rings. The number of alkyl halides is 2. The molecule has 0 aliphatic rings. The Balaban J connectivity index is 0.00000149. The van der Waals surface area contributed by atoms with E-state index in [0.29, 0.717) is 11.5 Å². The standard InChI is InChI=1S/C25H24F2N3P.C2H6/c1-16-8-11-20(12-9-16)28-24-29-22-14-18(17(2)31)10-13-23(22)30(24)15-19-6-4-5-7-21(19)25(3,26)27;1-2/h4-14H,2,15,31H2,1,3H3,(H,28,29);1-2H3. The topological polar surface area (TPSA) is 29.9 Å². The summed E-state index contributed by atoms with van der Waals surface area (Å²) in [6.45, 7) is 11.2. The molecule has 0 bridgehead atoms. The second kappa shape index (κ2) is 10.3. The summed E-state index contributed by atoms with van der Waals surface area (Å²) in [5.74, 6) is -2.33. The van der Waals surface area contributed by atoms with Gasteiger partial charge in [0.25, 0.3) is 5.92 Å². The fourth-order valence-corrected chi connectivity index (χ4v) is 3.79. The molecule has 1 atom stereocenters. The molecule has 0 radical (unpaired) electrons. The van der Waals surface area contributed by atoms with Crippen LogP contribution in [-0.4, -0.2) is 9.55 Å². The van der Waals surface area contributed by atoms with Crippen molar-refractivity contribution in [1.82, 2.24) is 9.55 Å². The lowest BCUT2D eigenvalue weighted by Gasteiger charge is -2.18. The maximum Gasteiger partial charge on any atom is 0.270 e. The van der Waals surface area contributed by atoms with Gasteiger partial charge in [-0.3, -0.25) is 0 Å².